The fourth-order valence-corrected chi connectivity index (χ4v) is 1.26. The molecular weight excluding hydrogens is 210 g/mol. The zero-order chi connectivity index (χ0) is 12.1. The molecule has 1 amide bonds. The number of imidazole rings is 1. The van der Waals surface area contributed by atoms with Gasteiger partial charge in [-0.25, -0.2) is 4.98 Å². The molecule has 2 heterocycles. The van der Waals surface area contributed by atoms with Crippen molar-refractivity contribution in [3.05, 3.63) is 35.8 Å². The van der Waals surface area contributed by atoms with Crippen LogP contribution in [0, 0.1) is 6.92 Å². The molecule has 2 rings (SSSR count). The maximum atomic E-state index is 10.8. The summed E-state index contributed by atoms with van der Waals surface area (Å²) in [5.41, 5.74) is 7.37. The van der Waals surface area contributed by atoms with E-state index in [2.05, 4.69) is 4.98 Å². The predicted octanol–water partition coefficient (Wildman–Crippen LogP) is 0.442. The van der Waals surface area contributed by atoms with Gasteiger partial charge in [0.25, 0.3) is 6.47 Å². The minimum absolute atomic E-state index is 0.250. The molecule has 0 aliphatic rings. The van der Waals surface area contributed by atoms with Gasteiger partial charge in [-0.15, -0.1) is 0 Å². The normalized spacial score (nSPS) is 9.31. The quantitative estimate of drug-likeness (QED) is 0.683. The van der Waals surface area contributed by atoms with Gasteiger partial charge in [0.1, 0.15) is 5.65 Å². The summed E-state index contributed by atoms with van der Waals surface area (Å²) >= 11 is 0. The topological polar surface area (TPSA) is 97.7 Å². The van der Waals surface area contributed by atoms with Crippen molar-refractivity contribution in [2.45, 2.75) is 6.92 Å². The number of fused-ring (bicyclic) bond motifs is 1. The number of hydrogen-bond acceptors (Lipinski definition) is 3. The molecule has 3 N–H and O–H groups in total. The van der Waals surface area contributed by atoms with Gasteiger partial charge in [0.2, 0.25) is 5.91 Å². The molecule has 6 nitrogen and oxygen atoms in total. The van der Waals surface area contributed by atoms with Crippen LogP contribution in [-0.2, 0) is 4.79 Å². The smallest absolute Gasteiger partial charge is 0.290 e. The molecule has 0 saturated carbocycles. The van der Waals surface area contributed by atoms with Crippen molar-refractivity contribution >= 4 is 18.0 Å². The first-order valence-corrected chi connectivity index (χ1v) is 4.41. The maximum Gasteiger partial charge on any atom is 0.290 e. The van der Waals surface area contributed by atoms with E-state index in [0.717, 1.165) is 11.3 Å². The molecule has 0 radical (unpaired) electrons. The van der Waals surface area contributed by atoms with Crippen LogP contribution in [0.5, 0.6) is 0 Å². The van der Waals surface area contributed by atoms with E-state index < -0.39 is 5.91 Å². The van der Waals surface area contributed by atoms with E-state index in [0.29, 0.717) is 5.56 Å². The summed E-state index contributed by atoms with van der Waals surface area (Å²) in [7, 11) is 0. The van der Waals surface area contributed by atoms with Crippen molar-refractivity contribution in [1.29, 1.82) is 0 Å². The third kappa shape index (κ3) is 2.57. The second-order valence-electron chi connectivity index (χ2n) is 3.04. The van der Waals surface area contributed by atoms with E-state index in [1.54, 1.807) is 22.7 Å². The van der Waals surface area contributed by atoms with E-state index in [9.17, 15) is 4.79 Å². The highest BCUT2D eigenvalue weighted by Gasteiger charge is 2.02. The summed E-state index contributed by atoms with van der Waals surface area (Å²) in [6, 6.07) is 3.44. The lowest BCUT2D eigenvalue weighted by molar-refractivity contribution is -0.122. The van der Waals surface area contributed by atoms with Gasteiger partial charge in [-0.05, 0) is 19.1 Å². The number of aryl methyl sites for hydroxylation is 1. The van der Waals surface area contributed by atoms with Crippen molar-refractivity contribution in [2.24, 2.45) is 5.73 Å². The zero-order valence-electron chi connectivity index (χ0n) is 8.62. The van der Waals surface area contributed by atoms with Gasteiger partial charge in [-0.1, -0.05) is 0 Å². The number of nitrogens with zero attached hydrogens (tertiary/aromatic N) is 2. The molecular formula is C10H11N3O3. The molecule has 2 aromatic rings. The third-order valence-corrected chi connectivity index (χ3v) is 1.86. The Hall–Kier alpha value is -2.37. The summed E-state index contributed by atoms with van der Waals surface area (Å²) in [5, 5.41) is 6.89. The fourth-order valence-electron chi connectivity index (χ4n) is 1.26. The van der Waals surface area contributed by atoms with Gasteiger partial charge in [0.05, 0.1) is 11.3 Å². The molecule has 0 aromatic carbocycles. The molecule has 84 valence electrons. The molecule has 6 heteroatoms. The van der Waals surface area contributed by atoms with E-state index in [-0.39, 0.29) is 6.47 Å². The van der Waals surface area contributed by atoms with Crippen molar-refractivity contribution in [2.75, 3.05) is 0 Å². The first-order valence-electron chi connectivity index (χ1n) is 4.41. The molecule has 16 heavy (non-hydrogen) atoms. The summed E-state index contributed by atoms with van der Waals surface area (Å²) < 4.78 is 1.79. The van der Waals surface area contributed by atoms with Crippen LogP contribution >= 0.6 is 0 Å². The van der Waals surface area contributed by atoms with Crippen LogP contribution < -0.4 is 5.73 Å². The Kier molecular flexibility index (Phi) is 3.60. The second kappa shape index (κ2) is 4.92. The highest BCUT2D eigenvalue weighted by molar-refractivity contribution is 5.92. The van der Waals surface area contributed by atoms with Crippen LogP contribution in [0.15, 0.2) is 24.5 Å². The van der Waals surface area contributed by atoms with E-state index >= 15 is 0 Å². The summed E-state index contributed by atoms with van der Waals surface area (Å²) in [4.78, 5) is 23.4. The monoisotopic (exact) mass is 221 g/mol. The zero-order valence-corrected chi connectivity index (χ0v) is 8.62. The molecule has 0 spiro atoms. The minimum Gasteiger partial charge on any atom is -0.483 e. The molecule has 0 aliphatic heterocycles. The standard InChI is InChI=1S/C9H9N3O.CH2O2/c1-6-4-12-5-7(9(10)13)2-3-8(12)11-6;2-1-3/h2-5H,1H3,(H2,10,13);1H,(H,2,3). The Bertz CT molecular complexity index is 519. The molecule has 0 aliphatic carbocycles. The van der Waals surface area contributed by atoms with Crippen LogP contribution in [-0.4, -0.2) is 26.9 Å². The largest absolute Gasteiger partial charge is 0.483 e. The van der Waals surface area contributed by atoms with Gasteiger partial charge in [-0.2, -0.15) is 0 Å². The number of primary amides is 1. The SMILES string of the molecule is Cc1cn2cc(C(N)=O)ccc2n1.O=CO. The summed E-state index contributed by atoms with van der Waals surface area (Å²) in [6.45, 7) is 1.65. The van der Waals surface area contributed by atoms with Crippen LogP contribution in [0.25, 0.3) is 5.65 Å². The average molecular weight is 221 g/mol. The number of aromatic nitrogens is 2. The fraction of sp³-hybridized carbons (Fsp3) is 0.100. The van der Waals surface area contributed by atoms with Crippen molar-refractivity contribution in [3.63, 3.8) is 0 Å². The van der Waals surface area contributed by atoms with E-state index in [1.807, 2.05) is 13.1 Å². The molecule has 0 saturated heterocycles. The Labute approximate surface area is 91.3 Å². The van der Waals surface area contributed by atoms with Gasteiger partial charge >= 0.3 is 0 Å². The molecule has 0 fully saturated rings. The number of amides is 1. The predicted molar refractivity (Wildman–Crippen MR) is 57.1 cm³/mol. The lowest BCUT2D eigenvalue weighted by Gasteiger charge is -1.95. The molecule has 0 bridgehead atoms. The minimum atomic E-state index is -0.423. The number of nitrogens with two attached hydrogens (primary N) is 1. The first-order chi connectivity index (χ1) is 7.58. The first kappa shape index (κ1) is 11.7. The van der Waals surface area contributed by atoms with Crippen LogP contribution in [0.2, 0.25) is 0 Å². The van der Waals surface area contributed by atoms with Crippen molar-refractivity contribution in [1.82, 2.24) is 9.38 Å². The Morgan fingerprint density at radius 3 is 2.69 bits per heavy atom. The summed E-state index contributed by atoms with van der Waals surface area (Å²) in [5.74, 6) is -0.423. The van der Waals surface area contributed by atoms with E-state index in [1.165, 1.54) is 0 Å². The molecule has 2 aromatic heterocycles. The number of carbonyl (C=O) groups excluding carboxylic acids is 1. The maximum absolute atomic E-state index is 10.8. The Morgan fingerprint density at radius 2 is 2.12 bits per heavy atom. The highest BCUT2D eigenvalue weighted by atomic mass is 16.3. The lowest BCUT2D eigenvalue weighted by Crippen LogP contribution is -2.11. The summed E-state index contributed by atoms with van der Waals surface area (Å²) in [6.07, 6.45) is 3.53. The number of pyridine rings is 1. The van der Waals surface area contributed by atoms with Gasteiger partial charge in [0.15, 0.2) is 0 Å². The number of carbonyl (C=O) groups is 2. The second-order valence-corrected chi connectivity index (χ2v) is 3.04. The van der Waals surface area contributed by atoms with Crippen molar-refractivity contribution in [3.8, 4) is 0 Å². The van der Waals surface area contributed by atoms with Gasteiger partial charge in [-0.3, -0.25) is 9.59 Å². The van der Waals surface area contributed by atoms with Gasteiger partial charge in [0, 0.05) is 12.4 Å². The number of carboxylic acid groups (broad SMARTS) is 1. The molecule has 0 unspecified atom stereocenters. The van der Waals surface area contributed by atoms with Crippen LogP contribution in [0.4, 0.5) is 0 Å². The molecule has 0 atom stereocenters. The number of hydrogen-bond donors (Lipinski definition) is 2. The lowest BCUT2D eigenvalue weighted by atomic mass is 10.3. The third-order valence-electron chi connectivity index (χ3n) is 1.86. The number of rotatable bonds is 1. The van der Waals surface area contributed by atoms with Crippen LogP contribution in [0.3, 0.4) is 0 Å². The Balaban J connectivity index is 0.000000386. The average Bonchev–Trinajstić information content (AvgIpc) is 2.57. The van der Waals surface area contributed by atoms with Crippen molar-refractivity contribution < 1.29 is 14.7 Å². The van der Waals surface area contributed by atoms with E-state index in [4.69, 9.17) is 15.6 Å². The van der Waals surface area contributed by atoms with Gasteiger partial charge < -0.3 is 15.2 Å². The van der Waals surface area contributed by atoms with Crippen LogP contribution in [0.1, 0.15) is 16.1 Å². The highest BCUT2D eigenvalue weighted by Crippen LogP contribution is 2.06. The Morgan fingerprint density at radius 1 is 1.50 bits per heavy atom.